The first kappa shape index (κ1) is 23.7. The number of halogens is 4. The maximum absolute atomic E-state index is 13.6. The number of hydrogen-bond acceptors (Lipinski definition) is 5. The van der Waals surface area contributed by atoms with Gasteiger partial charge in [0.2, 0.25) is 5.95 Å². The van der Waals surface area contributed by atoms with Gasteiger partial charge in [-0.05, 0) is 56.0 Å². The monoisotopic (exact) mass is 475 g/mol. The number of nitrogens with one attached hydrogen (secondary N) is 2. The van der Waals surface area contributed by atoms with E-state index >= 15 is 0 Å². The third-order valence-electron chi connectivity index (χ3n) is 5.89. The van der Waals surface area contributed by atoms with Gasteiger partial charge in [-0.25, -0.2) is 9.37 Å². The number of carbonyl (C=O) groups excluding carboxylic acids is 1. The minimum atomic E-state index is -4.72. The highest BCUT2D eigenvalue weighted by molar-refractivity contribution is 5.94. The van der Waals surface area contributed by atoms with E-state index in [9.17, 15) is 22.4 Å². The first-order chi connectivity index (χ1) is 16.1. The molecule has 10 heteroatoms. The molecule has 0 radical (unpaired) electrons. The second kappa shape index (κ2) is 9.44. The number of alkyl halides is 3. The summed E-state index contributed by atoms with van der Waals surface area (Å²) in [6.45, 7) is 0. The molecule has 1 aliphatic rings. The SMILES string of the molecule is CN(C)c1nc(NC2CCC(NC(=O)c3cc(F)cc(C(F)(F)F)c3)CC2)nc2ccccc12. The van der Waals surface area contributed by atoms with Crippen LogP contribution < -0.4 is 15.5 Å². The highest BCUT2D eigenvalue weighted by Gasteiger charge is 2.32. The molecule has 1 fully saturated rings. The first-order valence-electron chi connectivity index (χ1n) is 11.0. The number of aromatic nitrogens is 2. The summed E-state index contributed by atoms with van der Waals surface area (Å²) in [5, 5.41) is 7.06. The number of fused-ring (bicyclic) bond motifs is 1. The summed E-state index contributed by atoms with van der Waals surface area (Å²) in [7, 11) is 3.84. The van der Waals surface area contributed by atoms with E-state index in [2.05, 4.69) is 20.6 Å². The van der Waals surface area contributed by atoms with Crippen molar-refractivity contribution in [1.29, 1.82) is 0 Å². The average Bonchev–Trinajstić information content (AvgIpc) is 2.78. The second-order valence-electron chi connectivity index (χ2n) is 8.68. The molecule has 2 N–H and O–H groups in total. The lowest BCUT2D eigenvalue weighted by atomic mass is 9.91. The van der Waals surface area contributed by atoms with Crippen molar-refractivity contribution in [2.24, 2.45) is 0 Å². The molecule has 34 heavy (non-hydrogen) atoms. The van der Waals surface area contributed by atoms with Crippen LogP contribution in [0.3, 0.4) is 0 Å². The number of anilines is 2. The van der Waals surface area contributed by atoms with Gasteiger partial charge in [-0.3, -0.25) is 4.79 Å². The second-order valence-corrected chi connectivity index (χ2v) is 8.68. The van der Waals surface area contributed by atoms with E-state index in [1.807, 2.05) is 43.3 Å². The Bertz CT molecular complexity index is 1190. The van der Waals surface area contributed by atoms with Gasteiger partial charge in [-0.2, -0.15) is 18.2 Å². The third-order valence-corrected chi connectivity index (χ3v) is 5.89. The van der Waals surface area contributed by atoms with E-state index in [-0.39, 0.29) is 17.6 Å². The van der Waals surface area contributed by atoms with Crippen molar-refractivity contribution in [3.8, 4) is 0 Å². The molecule has 0 aliphatic heterocycles. The molecule has 1 aromatic heterocycles. The van der Waals surface area contributed by atoms with Gasteiger partial charge in [0, 0.05) is 37.1 Å². The highest BCUT2D eigenvalue weighted by Crippen LogP contribution is 2.31. The lowest BCUT2D eigenvalue weighted by Crippen LogP contribution is -2.40. The molecular formula is C24H25F4N5O. The Morgan fingerprint density at radius 3 is 2.35 bits per heavy atom. The Hall–Kier alpha value is -3.43. The van der Waals surface area contributed by atoms with Gasteiger partial charge in [-0.15, -0.1) is 0 Å². The molecular weight excluding hydrogens is 450 g/mol. The van der Waals surface area contributed by atoms with Crippen molar-refractivity contribution in [3.05, 3.63) is 59.4 Å². The number of hydrogen-bond donors (Lipinski definition) is 2. The number of carbonyl (C=O) groups is 1. The molecule has 1 aliphatic carbocycles. The summed E-state index contributed by atoms with van der Waals surface area (Å²) < 4.78 is 52.4. The van der Waals surface area contributed by atoms with Crippen LogP contribution in [0.4, 0.5) is 29.3 Å². The largest absolute Gasteiger partial charge is 0.416 e. The lowest BCUT2D eigenvalue weighted by molar-refractivity contribution is -0.137. The van der Waals surface area contributed by atoms with E-state index in [0.29, 0.717) is 30.9 Å². The predicted octanol–water partition coefficient (Wildman–Crippen LogP) is 5.01. The molecule has 2 aromatic carbocycles. The fourth-order valence-corrected chi connectivity index (χ4v) is 4.18. The minimum Gasteiger partial charge on any atom is -0.362 e. The standard InChI is InChI=1S/C24H25F4N5O/c1-33(2)21-19-5-3-4-6-20(19)31-23(32-21)30-18-9-7-17(8-10-18)29-22(34)14-11-15(24(26,27)28)13-16(25)12-14/h3-6,11-13,17-18H,7-10H2,1-2H3,(H,29,34)(H,30,31,32). The van der Waals surface area contributed by atoms with Gasteiger partial charge in [0.05, 0.1) is 11.1 Å². The van der Waals surface area contributed by atoms with Crippen LogP contribution in [0.5, 0.6) is 0 Å². The Labute approximate surface area is 194 Å². The van der Waals surface area contributed by atoms with Gasteiger partial charge in [0.1, 0.15) is 11.6 Å². The normalized spacial score (nSPS) is 18.5. The van der Waals surface area contributed by atoms with Crippen molar-refractivity contribution in [1.82, 2.24) is 15.3 Å². The fraction of sp³-hybridized carbons (Fsp3) is 0.375. The molecule has 0 saturated heterocycles. The number of para-hydroxylation sites is 1. The van der Waals surface area contributed by atoms with Crippen molar-refractivity contribution in [3.63, 3.8) is 0 Å². The number of amides is 1. The van der Waals surface area contributed by atoms with Gasteiger partial charge in [0.25, 0.3) is 5.91 Å². The van der Waals surface area contributed by atoms with Crippen LogP contribution in [0.1, 0.15) is 41.6 Å². The zero-order valence-electron chi connectivity index (χ0n) is 18.8. The van der Waals surface area contributed by atoms with Crippen molar-refractivity contribution < 1.29 is 22.4 Å². The summed E-state index contributed by atoms with van der Waals surface area (Å²) in [6, 6.07) is 9.51. The Morgan fingerprint density at radius 1 is 1.00 bits per heavy atom. The van der Waals surface area contributed by atoms with Gasteiger partial charge in [0.15, 0.2) is 0 Å². The highest BCUT2D eigenvalue weighted by atomic mass is 19.4. The van der Waals surface area contributed by atoms with Crippen LogP contribution in [0.2, 0.25) is 0 Å². The van der Waals surface area contributed by atoms with E-state index in [1.54, 1.807) is 0 Å². The average molecular weight is 475 g/mol. The van der Waals surface area contributed by atoms with Crippen LogP contribution in [0.15, 0.2) is 42.5 Å². The van der Waals surface area contributed by atoms with Crippen LogP contribution in [0, 0.1) is 5.82 Å². The molecule has 0 unspecified atom stereocenters. The molecule has 1 amide bonds. The van der Waals surface area contributed by atoms with Gasteiger partial charge >= 0.3 is 6.18 Å². The van der Waals surface area contributed by atoms with E-state index < -0.39 is 23.5 Å². The number of rotatable bonds is 5. The fourth-order valence-electron chi connectivity index (χ4n) is 4.18. The molecule has 1 saturated carbocycles. The molecule has 0 spiro atoms. The van der Waals surface area contributed by atoms with Crippen molar-refractivity contribution in [2.75, 3.05) is 24.3 Å². The van der Waals surface area contributed by atoms with Crippen LogP contribution >= 0.6 is 0 Å². The van der Waals surface area contributed by atoms with Crippen LogP contribution in [-0.2, 0) is 6.18 Å². The molecule has 6 nitrogen and oxygen atoms in total. The van der Waals surface area contributed by atoms with E-state index in [4.69, 9.17) is 0 Å². The molecule has 180 valence electrons. The van der Waals surface area contributed by atoms with E-state index in [1.165, 1.54) is 0 Å². The van der Waals surface area contributed by atoms with Crippen molar-refractivity contribution >= 4 is 28.6 Å². The molecule has 0 atom stereocenters. The third kappa shape index (κ3) is 5.37. The van der Waals surface area contributed by atoms with E-state index in [0.717, 1.165) is 35.6 Å². The Morgan fingerprint density at radius 2 is 1.68 bits per heavy atom. The van der Waals surface area contributed by atoms with Crippen LogP contribution in [-0.4, -0.2) is 42.1 Å². The maximum atomic E-state index is 13.6. The summed E-state index contributed by atoms with van der Waals surface area (Å²) in [5.41, 5.74) is -0.690. The lowest BCUT2D eigenvalue weighted by Gasteiger charge is -2.30. The van der Waals surface area contributed by atoms with Crippen molar-refractivity contribution in [2.45, 2.75) is 43.9 Å². The summed E-state index contributed by atoms with van der Waals surface area (Å²) >= 11 is 0. The first-order valence-corrected chi connectivity index (χ1v) is 11.0. The number of nitrogens with zero attached hydrogens (tertiary/aromatic N) is 3. The Kier molecular flexibility index (Phi) is 6.58. The van der Waals surface area contributed by atoms with Gasteiger partial charge < -0.3 is 15.5 Å². The van der Waals surface area contributed by atoms with Gasteiger partial charge in [-0.1, -0.05) is 12.1 Å². The number of benzene rings is 2. The smallest absolute Gasteiger partial charge is 0.362 e. The summed E-state index contributed by atoms with van der Waals surface area (Å²) in [5.74, 6) is -0.480. The molecule has 0 bridgehead atoms. The topological polar surface area (TPSA) is 70.2 Å². The Balaban J connectivity index is 1.38. The minimum absolute atomic E-state index is 0.0929. The zero-order chi connectivity index (χ0) is 24.5. The molecule has 4 rings (SSSR count). The van der Waals surface area contributed by atoms with Crippen LogP contribution in [0.25, 0.3) is 10.9 Å². The quantitative estimate of drug-likeness (QED) is 0.508. The zero-order valence-corrected chi connectivity index (χ0v) is 18.8. The maximum Gasteiger partial charge on any atom is 0.416 e. The predicted molar refractivity (Wildman–Crippen MR) is 122 cm³/mol. The summed E-state index contributed by atoms with van der Waals surface area (Å²) in [4.78, 5) is 23.6. The summed E-state index contributed by atoms with van der Waals surface area (Å²) in [6.07, 6.45) is -2.04. The molecule has 3 aromatic rings. The molecule has 1 heterocycles.